The molecule has 0 spiro atoms. The molecule has 0 N–H and O–H groups in total. The summed E-state index contributed by atoms with van der Waals surface area (Å²) < 4.78 is 1.45. The minimum atomic E-state index is 0.836. The van der Waals surface area contributed by atoms with Gasteiger partial charge in [0, 0.05) is 42.4 Å². The van der Waals surface area contributed by atoms with Gasteiger partial charge in [0.05, 0.1) is 0 Å². The van der Waals surface area contributed by atoms with Crippen LogP contribution in [0.1, 0.15) is 186 Å². The Balaban J connectivity index is 1.61. The van der Waals surface area contributed by atoms with Gasteiger partial charge in [-0.05, 0) is 81.0 Å². The number of unbranched alkanes of at least 4 members (excludes halogenated alkanes) is 18. The van der Waals surface area contributed by atoms with Gasteiger partial charge in [0.15, 0.2) is 0 Å². The van der Waals surface area contributed by atoms with E-state index in [9.17, 15) is 5.53 Å². The second-order valence-electron chi connectivity index (χ2n) is 14.7. The fourth-order valence-corrected chi connectivity index (χ4v) is 7.08. The minimum absolute atomic E-state index is 0.836. The smallest absolute Gasteiger partial charge is 0.223 e. The molecule has 0 saturated heterocycles. The highest BCUT2D eigenvalue weighted by molar-refractivity contribution is 5.85. The Morgan fingerprint density at radius 1 is 0.540 bits per heavy atom. The molecule has 0 fully saturated rings. The number of allylic oxidation sites excluding steroid dienone is 2. The van der Waals surface area contributed by atoms with E-state index in [0.717, 1.165) is 73.2 Å². The highest BCUT2D eigenvalue weighted by atomic mass is 15.2. The molecule has 274 valence electrons. The Labute approximate surface area is 308 Å². The molecule has 0 radical (unpaired) electrons. The molecule has 0 unspecified atom stereocenters. The maximum atomic E-state index is 11.9. The number of benzene rings is 2. The lowest BCUT2D eigenvalue weighted by Crippen LogP contribution is -2.15. The Bertz CT molecular complexity index is 1370. The normalized spacial score (nSPS) is 12.9. The van der Waals surface area contributed by atoms with E-state index in [2.05, 4.69) is 100 Å². The van der Waals surface area contributed by atoms with Crippen molar-refractivity contribution in [2.24, 2.45) is 0 Å². The Morgan fingerprint density at radius 3 is 1.52 bits per heavy atom. The van der Waals surface area contributed by atoms with Crippen LogP contribution in [-0.2, 0) is 6.42 Å². The molecule has 3 rings (SSSR count). The summed E-state index contributed by atoms with van der Waals surface area (Å²) >= 11 is 0. The highest BCUT2D eigenvalue weighted by Crippen LogP contribution is 2.42. The van der Waals surface area contributed by atoms with Crippen molar-refractivity contribution in [3.05, 3.63) is 81.9 Å². The van der Waals surface area contributed by atoms with Crippen molar-refractivity contribution in [1.29, 1.82) is 0 Å². The summed E-state index contributed by atoms with van der Waals surface area (Å²) in [6.45, 7) is 9.90. The van der Waals surface area contributed by atoms with Gasteiger partial charge in [0.1, 0.15) is 5.57 Å². The van der Waals surface area contributed by atoms with E-state index < -0.39 is 0 Å². The Morgan fingerprint density at radius 2 is 1.00 bits per heavy atom. The number of nitrogens with zero attached hydrogens (tertiary/aromatic N) is 3. The van der Waals surface area contributed by atoms with Gasteiger partial charge in [-0.2, -0.15) is 0 Å². The van der Waals surface area contributed by atoms with Crippen LogP contribution in [0, 0.1) is 11.8 Å². The first-order chi connectivity index (χ1) is 24.5. The second kappa shape index (κ2) is 24.9. The van der Waals surface area contributed by atoms with Gasteiger partial charge in [-0.3, -0.25) is 0 Å². The van der Waals surface area contributed by atoms with E-state index in [1.54, 1.807) is 0 Å². The molecule has 0 aliphatic carbocycles. The summed E-state index contributed by atoms with van der Waals surface area (Å²) in [6.07, 6.45) is 29.6. The lowest BCUT2D eigenvalue weighted by molar-refractivity contribution is -0.345. The van der Waals surface area contributed by atoms with E-state index in [0.29, 0.717) is 0 Å². The van der Waals surface area contributed by atoms with Crippen molar-refractivity contribution in [1.82, 2.24) is 0 Å². The van der Waals surface area contributed by atoms with Crippen LogP contribution in [0.4, 0.5) is 5.69 Å². The highest BCUT2D eigenvalue weighted by Gasteiger charge is 2.35. The second-order valence-corrected chi connectivity index (χ2v) is 14.7. The van der Waals surface area contributed by atoms with Crippen LogP contribution in [0.3, 0.4) is 0 Å². The van der Waals surface area contributed by atoms with Crippen molar-refractivity contribution < 1.29 is 4.70 Å². The number of hydrogen-bond acceptors (Lipinski definition) is 1. The van der Waals surface area contributed by atoms with E-state index >= 15 is 0 Å². The minimum Gasteiger partial charge on any atom is -0.493 e. The van der Waals surface area contributed by atoms with Gasteiger partial charge in [-0.25, -0.2) is 4.70 Å². The summed E-state index contributed by atoms with van der Waals surface area (Å²) in [7, 11) is 2.12. The van der Waals surface area contributed by atoms with E-state index in [-0.39, 0.29) is 0 Å². The van der Waals surface area contributed by atoms with Crippen molar-refractivity contribution in [2.45, 2.75) is 175 Å². The van der Waals surface area contributed by atoms with E-state index in [1.165, 1.54) is 131 Å². The van der Waals surface area contributed by atoms with Crippen LogP contribution < -0.4 is 4.90 Å². The van der Waals surface area contributed by atoms with Gasteiger partial charge in [-0.15, -0.1) is 0 Å². The standard InChI is InChI=1S/C47H71N3/c1-6-10-13-14-15-16-17-18-19-20-21-22-23-24-25-26-27-28-31-45-44(30-12-8-3)47(42-36-38-43(39-37-42)49(5)9-4)50(48)46(45)41-34-32-40(33-35-41)29-11-7-2/h32-39H,6-27,29-30H2,1-5H3. The Hall–Kier alpha value is -3.12. The first kappa shape index (κ1) is 41.3. The summed E-state index contributed by atoms with van der Waals surface area (Å²) in [4.78, 5) is 2.24. The van der Waals surface area contributed by atoms with Crippen molar-refractivity contribution >= 4 is 17.1 Å². The molecule has 3 nitrogen and oxygen atoms in total. The summed E-state index contributed by atoms with van der Waals surface area (Å²) in [5.41, 5.74) is 20.4. The van der Waals surface area contributed by atoms with E-state index in [4.69, 9.17) is 0 Å². The van der Waals surface area contributed by atoms with Crippen molar-refractivity contribution in [3.8, 4) is 11.8 Å². The summed E-state index contributed by atoms with van der Waals surface area (Å²) in [5.74, 6) is 7.18. The molecular weight excluding hydrogens is 607 g/mol. The average Bonchev–Trinajstić information content (AvgIpc) is 3.42. The van der Waals surface area contributed by atoms with Gasteiger partial charge in [0.25, 0.3) is 0 Å². The number of hydrogen-bond donors (Lipinski definition) is 0. The third-order valence-corrected chi connectivity index (χ3v) is 10.5. The zero-order valence-electron chi connectivity index (χ0n) is 32.9. The molecule has 1 aliphatic heterocycles. The monoisotopic (exact) mass is 678 g/mol. The van der Waals surface area contributed by atoms with E-state index in [1.807, 2.05) is 0 Å². The molecule has 2 aromatic carbocycles. The van der Waals surface area contributed by atoms with Crippen molar-refractivity contribution in [3.63, 3.8) is 0 Å². The molecular formula is C47H71N3. The van der Waals surface area contributed by atoms with Gasteiger partial charge in [-0.1, -0.05) is 154 Å². The van der Waals surface area contributed by atoms with Crippen LogP contribution in [-0.4, -0.2) is 18.3 Å². The molecule has 2 aromatic rings. The van der Waals surface area contributed by atoms with Gasteiger partial charge in [0.2, 0.25) is 11.4 Å². The first-order valence-corrected chi connectivity index (χ1v) is 20.9. The first-order valence-electron chi connectivity index (χ1n) is 20.9. The molecule has 50 heavy (non-hydrogen) atoms. The molecule has 3 heteroatoms. The summed E-state index contributed by atoms with van der Waals surface area (Å²) in [5, 5.41) is 0. The fraction of sp³-hybridized carbons (Fsp3) is 0.617. The number of aryl methyl sites for hydroxylation is 1. The van der Waals surface area contributed by atoms with Crippen LogP contribution >= 0.6 is 0 Å². The van der Waals surface area contributed by atoms with Crippen LogP contribution in [0.15, 0.2) is 59.7 Å². The third kappa shape index (κ3) is 13.9. The molecule has 1 aliphatic rings. The average molecular weight is 678 g/mol. The molecule has 1 heterocycles. The lowest BCUT2D eigenvalue weighted by Gasteiger charge is -2.17. The van der Waals surface area contributed by atoms with Crippen LogP contribution in [0.2, 0.25) is 0 Å². The lowest BCUT2D eigenvalue weighted by atomic mass is 9.95. The SMILES string of the molecule is CCCCCCCCCCCCCCCCCCC#CC1=C(c2ccc(CCCC)cc2)[N+](=[N-])C(c2ccc(N(C)CC)cc2)=C1CCCC. The predicted molar refractivity (Wildman–Crippen MR) is 219 cm³/mol. The molecule has 0 saturated carbocycles. The Kier molecular flexibility index (Phi) is 20.6. The fourth-order valence-electron chi connectivity index (χ4n) is 7.08. The zero-order chi connectivity index (χ0) is 35.8. The maximum absolute atomic E-state index is 11.9. The predicted octanol–water partition coefficient (Wildman–Crippen LogP) is 14.5. The van der Waals surface area contributed by atoms with Crippen LogP contribution in [0.5, 0.6) is 0 Å². The molecule has 0 amide bonds. The largest absolute Gasteiger partial charge is 0.493 e. The third-order valence-electron chi connectivity index (χ3n) is 10.5. The summed E-state index contributed by atoms with van der Waals surface area (Å²) in [6, 6.07) is 17.5. The topological polar surface area (TPSA) is 28.6 Å². The van der Waals surface area contributed by atoms with Crippen molar-refractivity contribution in [2.75, 3.05) is 18.5 Å². The molecule has 0 bridgehead atoms. The van der Waals surface area contributed by atoms with Crippen LogP contribution in [0.25, 0.3) is 16.9 Å². The van der Waals surface area contributed by atoms with Gasteiger partial charge < -0.3 is 10.4 Å². The maximum Gasteiger partial charge on any atom is 0.223 e. The molecule has 0 atom stereocenters. The molecule has 0 aromatic heterocycles. The zero-order valence-corrected chi connectivity index (χ0v) is 32.9. The quantitative estimate of drug-likeness (QED) is 0.0553. The number of anilines is 1. The van der Waals surface area contributed by atoms with Gasteiger partial charge >= 0.3 is 0 Å². The number of rotatable bonds is 26.